The lowest BCUT2D eigenvalue weighted by Crippen LogP contribution is -2.27. The molecule has 128 valence electrons. The van der Waals surface area contributed by atoms with E-state index in [1.165, 1.54) is 28.5 Å². The number of thiazole rings is 1. The predicted molar refractivity (Wildman–Crippen MR) is 89.4 cm³/mol. The molecule has 1 fully saturated rings. The van der Waals surface area contributed by atoms with E-state index in [4.69, 9.17) is 10.5 Å². The van der Waals surface area contributed by atoms with Gasteiger partial charge in [0.15, 0.2) is 0 Å². The van der Waals surface area contributed by atoms with E-state index in [9.17, 15) is 14.3 Å². The van der Waals surface area contributed by atoms with Crippen molar-refractivity contribution in [2.45, 2.75) is 25.6 Å². The van der Waals surface area contributed by atoms with Crippen LogP contribution in [0.1, 0.15) is 18.9 Å². The van der Waals surface area contributed by atoms with E-state index < -0.39 is 17.5 Å². The molecule has 2 heterocycles. The zero-order chi connectivity index (χ0) is 17.5. The largest absolute Gasteiger partial charge is 0.443 e. The molecule has 1 aromatic carbocycles. The van der Waals surface area contributed by atoms with Crippen LogP contribution in [-0.2, 0) is 10.3 Å². The van der Waals surface area contributed by atoms with Crippen LogP contribution >= 0.6 is 11.3 Å². The second-order valence-electron chi connectivity index (χ2n) is 6.10. The van der Waals surface area contributed by atoms with Gasteiger partial charge in [-0.1, -0.05) is 0 Å². The zero-order valence-corrected chi connectivity index (χ0v) is 14.1. The molecule has 8 heteroatoms. The van der Waals surface area contributed by atoms with Gasteiger partial charge in [-0.2, -0.15) is 0 Å². The van der Waals surface area contributed by atoms with Crippen LogP contribution in [0.4, 0.5) is 14.9 Å². The fourth-order valence-corrected chi connectivity index (χ4v) is 3.35. The van der Waals surface area contributed by atoms with Crippen molar-refractivity contribution in [3.8, 4) is 10.4 Å². The Balaban J connectivity index is 1.88. The van der Waals surface area contributed by atoms with E-state index in [1.807, 2.05) is 0 Å². The molecule has 6 nitrogen and oxygen atoms in total. The Hall–Kier alpha value is -2.03. The Morgan fingerprint density at radius 3 is 2.83 bits per heavy atom. The first-order valence-corrected chi connectivity index (χ1v) is 8.28. The number of aliphatic hydroxyl groups is 1. The van der Waals surface area contributed by atoms with E-state index in [0.29, 0.717) is 27.7 Å². The van der Waals surface area contributed by atoms with E-state index in [1.54, 1.807) is 26.0 Å². The zero-order valence-electron chi connectivity index (χ0n) is 13.3. The highest BCUT2D eigenvalue weighted by Gasteiger charge is 2.32. The lowest BCUT2D eigenvalue weighted by atomic mass is 10.1. The van der Waals surface area contributed by atoms with Crippen molar-refractivity contribution in [1.29, 1.82) is 0 Å². The molecule has 0 spiro atoms. The topological polar surface area (TPSA) is 88.7 Å². The standard InChI is InChI=1S/C16H18FN3O3S/c1-16(2,22)14-19-7-13(24-14)11-4-3-9(5-12(11)17)20-8-10(6-18)23-15(20)21/h3-5,7,10,22H,6,8,18H2,1-2H3. The van der Waals surface area contributed by atoms with Gasteiger partial charge in [0.2, 0.25) is 0 Å². The van der Waals surface area contributed by atoms with Crippen molar-refractivity contribution in [2.75, 3.05) is 18.0 Å². The monoisotopic (exact) mass is 351 g/mol. The van der Waals surface area contributed by atoms with Gasteiger partial charge in [-0.05, 0) is 32.0 Å². The number of hydrogen-bond donors (Lipinski definition) is 2. The summed E-state index contributed by atoms with van der Waals surface area (Å²) in [5.74, 6) is -0.470. The van der Waals surface area contributed by atoms with Gasteiger partial charge in [0.05, 0.1) is 17.1 Å². The molecule has 0 bridgehead atoms. The van der Waals surface area contributed by atoms with Crippen LogP contribution in [0.3, 0.4) is 0 Å². The molecule has 1 saturated heterocycles. The third kappa shape index (κ3) is 3.12. The summed E-state index contributed by atoms with van der Waals surface area (Å²) in [5.41, 5.74) is 5.22. The smallest absolute Gasteiger partial charge is 0.414 e. The van der Waals surface area contributed by atoms with Crippen molar-refractivity contribution in [3.05, 3.63) is 35.2 Å². The minimum Gasteiger partial charge on any atom is -0.443 e. The number of hydrogen-bond acceptors (Lipinski definition) is 6. The molecule has 1 atom stereocenters. The molecule has 3 rings (SSSR count). The molecule has 0 saturated carbocycles. The predicted octanol–water partition coefficient (Wildman–Crippen LogP) is 2.46. The lowest BCUT2D eigenvalue weighted by Gasteiger charge is -2.14. The number of halogens is 1. The summed E-state index contributed by atoms with van der Waals surface area (Å²) in [6.07, 6.45) is 0.626. The number of anilines is 1. The first kappa shape index (κ1) is 16.8. The number of aromatic nitrogens is 1. The van der Waals surface area contributed by atoms with Crippen LogP contribution < -0.4 is 10.6 Å². The van der Waals surface area contributed by atoms with Gasteiger partial charge >= 0.3 is 6.09 Å². The third-order valence-corrected chi connectivity index (χ3v) is 5.04. The van der Waals surface area contributed by atoms with Crippen LogP contribution in [0.25, 0.3) is 10.4 Å². The van der Waals surface area contributed by atoms with Gasteiger partial charge in [0.1, 0.15) is 22.5 Å². The van der Waals surface area contributed by atoms with E-state index in [2.05, 4.69) is 4.98 Å². The lowest BCUT2D eigenvalue weighted by molar-refractivity contribution is 0.0783. The number of cyclic esters (lactones) is 1. The maximum absolute atomic E-state index is 14.5. The van der Waals surface area contributed by atoms with E-state index in [-0.39, 0.29) is 12.6 Å². The molecule has 0 aliphatic carbocycles. The highest BCUT2D eigenvalue weighted by Crippen LogP contribution is 2.34. The second-order valence-corrected chi connectivity index (χ2v) is 7.14. The molecule has 1 aliphatic rings. The number of amides is 1. The molecular formula is C16H18FN3O3S. The van der Waals surface area contributed by atoms with Gasteiger partial charge in [-0.3, -0.25) is 4.90 Å². The first-order chi connectivity index (χ1) is 11.3. The Labute approximate surface area is 142 Å². The van der Waals surface area contributed by atoms with E-state index in [0.717, 1.165) is 0 Å². The number of carbonyl (C=O) groups excluding carboxylic acids is 1. The maximum atomic E-state index is 14.5. The van der Waals surface area contributed by atoms with Crippen LogP contribution in [0.15, 0.2) is 24.4 Å². The molecular weight excluding hydrogens is 333 g/mol. The fraction of sp³-hybridized carbons (Fsp3) is 0.375. The van der Waals surface area contributed by atoms with Crippen molar-refractivity contribution in [3.63, 3.8) is 0 Å². The number of nitrogens with two attached hydrogens (primary N) is 1. The summed E-state index contributed by atoms with van der Waals surface area (Å²) in [6.45, 7) is 3.78. The summed E-state index contributed by atoms with van der Waals surface area (Å²) < 4.78 is 19.6. The van der Waals surface area contributed by atoms with Gasteiger partial charge in [0.25, 0.3) is 0 Å². The average Bonchev–Trinajstić information content (AvgIpc) is 3.13. The minimum atomic E-state index is -1.07. The fourth-order valence-electron chi connectivity index (χ4n) is 2.41. The first-order valence-electron chi connectivity index (χ1n) is 7.46. The Morgan fingerprint density at radius 2 is 2.29 bits per heavy atom. The molecule has 1 aromatic heterocycles. The molecule has 0 radical (unpaired) electrons. The Kier molecular flexibility index (Phi) is 4.29. The summed E-state index contributed by atoms with van der Waals surface area (Å²) in [5, 5.41) is 10.5. The maximum Gasteiger partial charge on any atom is 0.414 e. The summed E-state index contributed by atoms with van der Waals surface area (Å²) in [6, 6.07) is 4.54. The molecule has 1 unspecified atom stereocenters. The second kappa shape index (κ2) is 6.12. The number of benzene rings is 1. The summed E-state index contributed by atoms with van der Waals surface area (Å²) in [4.78, 5) is 17.9. The quantitative estimate of drug-likeness (QED) is 0.883. The molecule has 2 aromatic rings. The highest BCUT2D eigenvalue weighted by atomic mass is 32.1. The van der Waals surface area contributed by atoms with Crippen LogP contribution in [0.5, 0.6) is 0 Å². The van der Waals surface area contributed by atoms with Gasteiger partial charge in [-0.15, -0.1) is 11.3 Å². The normalized spacial score (nSPS) is 18.1. The Bertz CT molecular complexity index is 772. The number of carbonyl (C=O) groups is 1. The third-order valence-electron chi connectivity index (χ3n) is 3.70. The Morgan fingerprint density at radius 1 is 1.54 bits per heavy atom. The van der Waals surface area contributed by atoms with Crippen LogP contribution in [-0.4, -0.2) is 35.4 Å². The SMILES string of the molecule is CC(C)(O)c1ncc(-c2ccc(N3CC(CN)OC3=O)cc2F)s1. The van der Waals surface area contributed by atoms with Crippen molar-refractivity contribution in [1.82, 2.24) is 4.98 Å². The summed E-state index contributed by atoms with van der Waals surface area (Å²) >= 11 is 1.23. The van der Waals surface area contributed by atoms with Crippen molar-refractivity contribution >= 4 is 23.1 Å². The van der Waals surface area contributed by atoms with E-state index >= 15 is 0 Å². The number of ether oxygens (including phenoxy) is 1. The molecule has 24 heavy (non-hydrogen) atoms. The molecule has 1 amide bonds. The minimum absolute atomic E-state index is 0.226. The summed E-state index contributed by atoms with van der Waals surface area (Å²) in [7, 11) is 0. The highest BCUT2D eigenvalue weighted by molar-refractivity contribution is 7.15. The average molecular weight is 351 g/mol. The van der Waals surface area contributed by atoms with Gasteiger partial charge < -0.3 is 15.6 Å². The van der Waals surface area contributed by atoms with Crippen molar-refractivity contribution < 1.29 is 19.0 Å². The van der Waals surface area contributed by atoms with Gasteiger partial charge in [0, 0.05) is 18.3 Å². The number of nitrogens with zero attached hydrogens (tertiary/aromatic N) is 2. The molecule has 1 aliphatic heterocycles. The van der Waals surface area contributed by atoms with Crippen LogP contribution in [0, 0.1) is 5.82 Å². The van der Waals surface area contributed by atoms with Gasteiger partial charge in [-0.25, -0.2) is 14.2 Å². The van der Waals surface area contributed by atoms with Crippen molar-refractivity contribution in [2.24, 2.45) is 5.73 Å². The van der Waals surface area contributed by atoms with Crippen LogP contribution in [0.2, 0.25) is 0 Å². The number of rotatable bonds is 4. The molecule has 3 N–H and O–H groups in total.